The molecule has 0 radical (unpaired) electrons. The molecule has 29 heavy (non-hydrogen) atoms. The molecule has 2 N–H and O–H groups in total. The maximum absolute atomic E-state index is 12.8. The van der Waals surface area contributed by atoms with E-state index in [0.717, 1.165) is 6.07 Å². The number of H-pyrrole nitrogens is 2. The van der Waals surface area contributed by atoms with Crippen molar-refractivity contribution in [1.82, 2.24) is 9.97 Å². The third-order valence-electron chi connectivity index (χ3n) is 4.70. The Morgan fingerprint density at radius 1 is 1.03 bits per heavy atom. The maximum Gasteiger partial charge on any atom is 0.339 e. The number of nitrogens with one attached hydrogen (secondary N) is 2. The Hall–Kier alpha value is -3.68. The van der Waals surface area contributed by atoms with Gasteiger partial charge in [0.1, 0.15) is 0 Å². The van der Waals surface area contributed by atoms with Gasteiger partial charge in [-0.2, -0.15) is 0 Å². The molecule has 0 aliphatic carbocycles. The summed E-state index contributed by atoms with van der Waals surface area (Å²) < 4.78 is 10.1. The summed E-state index contributed by atoms with van der Waals surface area (Å²) in [6.07, 6.45) is -1.14. The molecular weight excluding hydrogens is 376 g/mol. The van der Waals surface area contributed by atoms with Crippen LogP contribution in [0.4, 0.5) is 0 Å². The average Bonchev–Trinajstić information content (AvgIpc) is 2.99. The Morgan fingerprint density at radius 2 is 1.72 bits per heavy atom. The summed E-state index contributed by atoms with van der Waals surface area (Å²) in [7, 11) is 1.26. The number of Topliss-reactive ketones (excluding diaryl/α,β-unsaturated/α-hetero) is 1. The molecule has 0 unspecified atom stereocenters. The third-order valence-corrected chi connectivity index (χ3v) is 4.70. The van der Waals surface area contributed by atoms with Crippen molar-refractivity contribution in [3.8, 4) is 0 Å². The number of aromatic amines is 2. The van der Waals surface area contributed by atoms with E-state index in [4.69, 9.17) is 9.47 Å². The number of para-hydroxylation sites is 1. The quantitative estimate of drug-likeness (QED) is 0.506. The molecule has 0 fully saturated rings. The third kappa shape index (κ3) is 3.69. The SMILES string of the molecule is COC(=O)c1c(C)[nH]c(C(=O)[C@H](C)OC(=O)c2cc(=O)[nH]c3ccccc23)c1C. The molecule has 0 saturated carbocycles. The lowest BCUT2D eigenvalue weighted by Gasteiger charge is -2.13. The monoisotopic (exact) mass is 396 g/mol. The fourth-order valence-corrected chi connectivity index (χ4v) is 3.26. The van der Waals surface area contributed by atoms with Crippen molar-refractivity contribution in [2.24, 2.45) is 0 Å². The molecule has 1 aromatic carbocycles. The number of rotatable bonds is 5. The van der Waals surface area contributed by atoms with Crippen LogP contribution in [-0.2, 0) is 9.47 Å². The summed E-state index contributed by atoms with van der Waals surface area (Å²) in [6.45, 7) is 4.69. The summed E-state index contributed by atoms with van der Waals surface area (Å²) in [4.78, 5) is 54.7. The first-order valence-electron chi connectivity index (χ1n) is 8.89. The van der Waals surface area contributed by atoms with Crippen molar-refractivity contribution in [1.29, 1.82) is 0 Å². The first kappa shape index (κ1) is 20.1. The molecule has 1 atom stereocenters. The number of pyridine rings is 1. The zero-order valence-corrected chi connectivity index (χ0v) is 16.4. The van der Waals surface area contributed by atoms with Crippen molar-refractivity contribution in [3.63, 3.8) is 0 Å². The lowest BCUT2D eigenvalue weighted by Crippen LogP contribution is -2.26. The van der Waals surface area contributed by atoms with Crippen LogP contribution in [-0.4, -0.2) is 40.9 Å². The van der Waals surface area contributed by atoms with Gasteiger partial charge in [-0.15, -0.1) is 0 Å². The van der Waals surface area contributed by atoms with E-state index in [1.54, 1.807) is 38.1 Å². The molecular formula is C21H20N2O6. The van der Waals surface area contributed by atoms with E-state index in [-0.39, 0.29) is 16.8 Å². The fraction of sp³-hybridized carbons (Fsp3) is 0.238. The van der Waals surface area contributed by atoms with Crippen LogP contribution in [0.2, 0.25) is 0 Å². The molecule has 0 bridgehead atoms. The zero-order valence-electron chi connectivity index (χ0n) is 16.4. The van der Waals surface area contributed by atoms with Gasteiger partial charge in [-0.25, -0.2) is 9.59 Å². The Labute approximate surface area is 165 Å². The van der Waals surface area contributed by atoms with E-state index in [0.29, 0.717) is 22.2 Å². The van der Waals surface area contributed by atoms with Crippen LogP contribution in [0.5, 0.6) is 0 Å². The van der Waals surface area contributed by atoms with Gasteiger partial charge in [0.2, 0.25) is 11.3 Å². The Bertz CT molecular complexity index is 1190. The van der Waals surface area contributed by atoms with Crippen LogP contribution < -0.4 is 5.56 Å². The number of aryl methyl sites for hydroxylation is 1. The molecule has 0 aliphatic heterocycles. The van der Waals surface area contributed by atoms with Crippen molar-refractivity contribution < 1.29 is 23.9 Å². The van der Waals surface area contributed by atoms with Gasteiger partial charge >= 0.3 is 11.9 Å². The Kier molecular flexibility index (Phi) is 5.36. The standard InChI is InChI=1S/C21H20N2O6/c1-10-17(21(27)28-4)11(2)22-18(10)19(25)12(3)29-20(26)14-9-16(24)23-15-8-6-5-7-13(14)15/h5-9,12,22H,1-4H3,(H,23,24)/t12-/m0/s1. The molecule has 0 amide bonds. The summed E-state index contributed by atoms with van der Waals surface area (Å²) in [5.41, 5.74) is 1.45. The molecule has 8 nitrogen and oxygen atoms in total. The second kappa shape index (κ2) is 7.75. The highest BCUT2D eigenvalue weighted by atomic mass is 16.5. The van der Waals surface area contributed by atoms with Crippen molar-refractivity contribution in [2.75, 3.05) is 7.11 Å². The van der Waals surface area contributed by atoms with Crippen LogP contribution in [0.15, 0.2) is 35.1 Å². The van der Waals surface area contributed by atoms with Crippen LogP contribution in [0.1, 0.15) is 49.4 Å². The van der Waals surface area contributed by atoms with E-state index >= 15 is 0 Å². The van der Waals surface area contributed by atoms with Crippen LogP contribution >= 0.6 is 0 Å². The summed E-state index contributed by atoms with van der Waals surface area (Å²) in [6, 6.07) is 7.94. The fourth-order valence-electron chi connectivity index (χ4n) is 3.26. The van der Waals surface area contributed by atoms with Crippen LogP contribution in [0.25, 0.3) is 10.9 Å². The second-order valence-electron chi connectivity index (χ2n) is 6.62. The highest BCUT2D eigenvalue weighted by molar-refractivity contribution is 6.07. The summed E-state index contributed by atoms with van der Waals surface area (Å²) in [5.74, 6) is -1.85. The van der Waals surface area contributed by atoms with Gasteiger partial charge in [-0.1, -0.05) is 18.2 Å². The predicted octanol–water partition coefficient (Wildman–Crippen LogP) is 2.69. The number of carbonyl (C=O) groups is 3. The molecule has 0 spiro atoms. The normalized spacial score (nSPS) is 11.9. The highest BCUT2D eigenvalue weighted by Crippen LogP contribution is 2.22. The van der Waals surface area contributed by atoms with E-state index in [9.17, 15) is 19.2 Å². The first-order valence-corrected chi connectivity index (χ1v) is 8.89. The van der Waals surface area contributed by atoms with Crippen LogP contribution in [0.3, 0.4) is 0 Å². The molecule has 2 heterocycles. The molecule has 150 valence electrons. The topological polar surface area (TPSA) is 118 Å². The zero-order chi connectivity index (χ0) is 21.3. The molecule has 2 aromatic heterocycles. The summed E-state index contributed by atoms with van der Waals surface area (Å²) in [5, 5.41) is 0.511. The molecule has 3 aromatic rings. The minimum Gasteiger partial charge on any atom is -0.465 e. The number of fused-ring (bicyclic) bond motifs is 1. The van der Waals surface area contributed by atoms with Gasteiger partial charge in [-0.05, 0) is 32.4 Å². The number of benzene rings is 1. The van der Waals surface area contributed by atoms with Gasteiger partial charge < -0.3 is 19.4 Å². The Balaban J connectivity index is 1.89. The first-order chi connectivity index (χ1) is 13.7. The number of hydrogen-bond donors (Lipinski definition) is 2. The van der Waals surface area contributed by atoms with Gasteiger partial charge in [0.25, 0.3) is 0 Å². The maximum atomic E-state index is 12.8. The number of methoxy groups -OCH3 is 1. The van der Waals surface area contributed by atoms with E-state index < -0.39 is 29.4 Å². The lowest BCUT2D eigenvalue weighted by atomic mass is 10.1. The number of carbonyl (C=O) groups excluding carboxylic acids is 3. The van der Waals surface area contributed by atoms with Crippen LogP contribution in [0, 0.1) is 13.8 Å². The number of ether oxygens (including phenoxy) is 2. The molecule has 3 rings (SSSR count). The van der Waals surface area contributed by atoms with Crippen molar-refractivity contribution in [3.05, 3.63) is 68.8 Å². The van der Waals surface area contributed by atoms with Crippen molar-refractivity contribution >= 4 is 28.6 Å². The van der Waals surface area contributed by atoms with E-state index in [2.05, 4.69) is 9.97 Å². The minimum absolute atomic E-state index is 0.0682. The summed E-state index contributed by atoms with van der Waals surface area (Å²) >= 11 is 0. The van der Waals surface area contributed by atoms with Gasteiger partial charge in [0.15, 0.2) is 6.10 Å². The number of ketones is 1. The van der Waals surface area contributed by atoms with Gasteiger partial charge in [0.05, 0.1) is 23.9 Å². The molecule has 0 aliphatic rings. The molecule has 8 heteroatoms. The van der Waals surface area contributed by atoms with Crippen molar-refractivity contribution in [2.45, 2.75) is 26.9 Å². The largest absolute Gasteiger partial charge is 0.465 e. The smallest absolute Gasteiger partial charge is 0.339 e. The number of hydrogen-bond acceptors (Lipinski definition) is 6. The van der Waals surface area contributed by atoms with Gasteiger partial charge in [-0.3, -0.25) is 9.59 Å². The van der Waals surface area contributed by atoms with Gasteiger partial charge in [0, 0.05) is 22.7 Å². The number of esters is 2. The van der Waals surface area contributed by atoms with E-state index in [1.165, 1.54) is 14.0 Å². The Morgan fingerprint density at radius 3 is 2.41 bits per heavy atom. The number of aromatic nitrogens is 2. The second-order valence-corrected chi connectivity index (χ2v) is 6.62. The lowest BCUT2D eigenvalue weighted by molar-refractivity contribution is 0.0318. The minimum atomic E-state index is -1.14. The highest BCUT2D eigenvalue weighted by Gasteiger charge is 2.28. The predicted molar refractivity (Wildman–Crippen MR) is 105 cm³/mol. The van der Waals surface area contributed by atoms with E-state index in [1.807, 2.05) is 0 Å². The molecule has 0 saturated heterocycles. The average molecular weight is 396 g/mol.